The highest BCUT2D eigenvalue weighted by molar-refractivity contribution is 6.33. The molecule has 1 atom stereocenters. The average Bonchev–Trinajstić information content (AvgIpc) is 3.47. The third-order valence-electron chi connectivity index (χ3n) is 5.12. The van der Waals surface area contributed by atoms with Crippen molar-refractivity contribution in [2.75, 3.05) is 34.9 Å². The highest BCUT2D eigenvalue weighted by Crippen LogP contribution is 2.41. The summed E-state index contributed by atoms with van der Waals surface area (Å²) in [4.78, 5) is 10.8. The molecule has 0 aliphatic carbocycles. The van der Waals surface area contributed by atoms with Gasteiger partial charge in [0, 0.05) is 38.5 Å². The Kier molecular flexibility index (Phi) is 5.69. The third-order valence-corrected chi connectivity index (χ3v) is 5.47. The van der Waals surface area contributed by atoms with Crippen LogP contribution in [0, 0.1) is 5.82 Å². The lowest BCUT2D eigenvalue weighted by Crippen LogP contribution is -2.22. The minimum absolute atomic E-state index is 0.0829. The zero-order chi connectivity index (χ0) is 22.3. The summed E-state index contributed by atoms with van der Waals surface area (Å²) in [5, 5.41) is 7.88. The number of aromatic nitrogens is 6. The molecule has 3 heterocycles. The van der Waals surface area contributed by atoms with Gasteiger partial charge in [-0.15, -0.1) is 0 Å². The molecule has 11 heteroatoms. The quantitative estimate of drug-likeness (QED) is 0.468. The van der Waals surface area contributed by atoms with Crippen LogP contribution in [0.3, 0.4) is 0 Å². The van der Waals surface area contributed by atoms with E-state index in [1.165, 1.54) is 7.11 Å². The molecule has 1 aromatic carbocycles. The summed E-state index contributed by atoms with van der Waals surface area (Å²) >= 11 is 6.20. The molecule has 0 radical (unpaired) electrons. The number of aryl methyl sites for hydroxylation is 1. The van der Waals surface area contributed by atoms with Crippen LogP contribution < -0.4 is 4.74 Å². The number of imidazole rings is 1. The van der Waals surface area contributed by atoms with Gasteiger partial charge in [-0.3, -0.25) is 5.10 Å². The second-order valence-electron chi connectivity index (χ2n) is 7.36. The lowest BCUT2D eigenvalue weighted by molar-refractivity contribution is 0.0719. The van der Waals surface area contributed by atoms with E-state index in [0.29, 0.717) is 40.5 Å². The fourth-order valence-corrected chi connectivity index (χ4v) is 3.91. The van der Waals surface area contributed by atoms with Crippen LogP contribution in [-0.2, 0) is 11.8 Å². The van der Waals surface area contributed by atoms with Gasteiger partial charge in [-0.25, -0.2) is 14.4 Å². The van der Waals surface area contributed by atoms with Gasteiger partial charge in [-0.1, -0.05) is 11.6 Å². The highest BCUT2D eigenvalue weighted by atomic mass is 35.5. The Morgan fingerprint density at radius 1 is 1.32 bits per heavy atom. The van der Waals surface area contributed by atoms with E-state index in [4.69, 9.17) is 21.1 Å². The maximum atomic E-state index is 15.3. The molecule has 4 aromatic rings. The lowest BCUT2D eigenvalue weighted by atomic mass is 10.2. The van der Waals surface area contributed by atoms with E-state index < -0.39 is 5.82 Å². The Morgan fingerprint density at radius 2 is 2.10 bits per heavy atom. The summed E-state index contributed by atoms with van der Waals surface area (Å²) in [5.74, 6) is 0.632. The fraction of sp³-hybridized carbons (Fsp3) is 0.350. The number of H-pyrrole nitrogens is 1. The molecule has 0 amide bonds. The molecule has 0 aliphatic rings. The number of nitrogens with zero attached hydrogens (tertiary/aromatic N) is 6. The number of fused-ring (bicyclic) bond motifs is 1. The molecule has 3 aromatic heterocycles. The molecule has 164 valence electrons. The van der Waals surface area contributed by atoms with Gasteiger partial charge in [-0.2, -0.15) is 5.10 Å². The van der Waals surface area contributed by atoms with Crippen molar-refractivity contribution in [1.29, 1.82) is 0 Å². The molecular formula is C20H23ClFN7O2. The predicted octanol–water partition coefficient (Wildman–Crippen LogP) is 3.20. The van der Waals surface area contributed by atoms with Crippen molar-refractivity contribution in [3.8, 4) is 23.0 Å². The molecule has 0 saturated carbocycles. The van der Waals surface area contributed by atoms with Crippen LogP contribution in [0.15, 0.2) is 24.8 Å². The van der Waals surface area contributed by atoms with E-state index in [-0.39, 0.29) is 16.9 Å². The Hall–Kier alpha value is -2.95. The first kappa shape index (κ1) is 21.3. The largest absolute Gasteiger partial charge is 0.495 e. The monoisotopic (exact) mass is 447 g/mol. The Morgan fingerprint density at radius 3 is 2.71 bits per heavy atom. The molecule has 9 nitrogen and oxygen atoms in total. The van der Waals surface area contributed by atoms with Crippen LogP contribution in [-0.4, -0.2) is 69.1 Å². The summed E-state index contributed by atoms with van der Waals surface area (Å²) in [6.07, 6.45) is 4.76. The minimum Gasteiger partial charge on any atom is -0.495 e. The highest BCUT2D eigenvalue weighted by Gasteiger charge is 2.27. The Labute approximate surface area is 183 Å². The first-order valence-electron chi connectivity index (χ1n) is 9.50. The number of halogens is 2. The number of ether oxygens (including phenoxy) is 2. The fourth-order valence-electron chi connectivity index (χ4n) is 3.69. The van der Waals surface area contributed by atoms with Crippen molar-refractivity contribution in [2.24, 2.45) is 7.05 Å². The summed E-state index contributed by atoms with van der Waals surface area (Å²) < 4.78 is 29.6. The van der Waals surface area contributed by atoms with E-state index in [2.05, 4.69) is 20.2 Å². The molecule has 0 aliphatic heterocycles. The van der Waals surface area contributed by atoms with Crippen LogP contribution >= 0.6 is 11.6 Å². The molecule has 0 fully saturated rings. The van der Waals surface area contributed by atoms with Crippen molar-refractivity contribution < 1.29 is 13.9 Å². The molecule has 0 unspecified atom stereocenters. The maximum absolute atomic E-state index is 15.3. The van der Waals surface area contributed by atoms with Crippen molar-refractivity contribution in [3.63, 3.8) is 0 Å². The molecule has 1 N–H and O–H groups in total. The normalized spacial score (nSPS) is 12.8. The molecular weight excluding hydrogens is 425 g/mol. The van der Waals surface area contributed by atoms with Crippen molar-refractivity contribution in [3.05, 3.63) is 41.5 Å². The second-order valence-corrected chi connectivity index (χ2v) is 7.74. The summed E-state index contributed by atoms with van der Waals surface area (Å²) in [5.41, 5.74) is 1.57. The standard InChI is InChI=1S/C20H23ClFN7O2/c1-27(2)9-13(31-5)19-24-20(26-25-19)18-17(29-7-6-23-10-29)11-8-12(30-4)14(21)15(22)16(11)28(18)3/h6-8,10,13H,9H2,1-5H3,(H,24,25,26)/t13-/m1/s1. The predicted molar refractivity (Wildman–Crippen MR) is 115 cm³/mol. The topological polar surface area (TPSA) is 86.0 Å². The zero-order valence-corrected chi connectivity index (χ0v) is 18.6. The number of rotatable bonds is 7. The van der Waals surface area contributed by atoms with Gasteiger partial charge in [0.1, 0.15) is 22.6 Å². The molecule has 31 heavy (non-hydrogen) atoms. The Balaban J connectivity index is 1.98. The van der Waals surface area contributed by atoms with Crippen molar-refractivity contribution >= 4 is 22.5 Å². The van der Waals surface area contributed by atoms with Crippen molar-refractivity contribution in [2.45, 2.75) is 6.10 Å². The first-order valence-corrected chi connectivity index (χ1v) is 9.88. The SMILES string of the molecule is COc1cc2c(-n3ccnc3)c(-c3n[nH]c([C@@H](CN(C)C)OC)n3)n(C)c2c(F)c1Cl. The van der Waals surface area contributed by atoms with E-state index in [0.717, 1.165) is 0 Å². The summed E-state index contributed by atoms with van der Waals surface area (Å²) in [6, 6.07) is 1.71. The molecule has 0 saturated heterocycles. The van der Waals surface area contributed by atoms with Gasteiger partial charge in [-0.05, 0) is 20.2 Å². The first-order chi connectivity index (χ1) is 14.9. The molecule has 0 spiro atoms. The number of aromatic amines is 1. The maximum Gasteiger partial charge on any atom is 0.200 e. The number of nitrogens with one attached hydrogen (secondary N) is 1. The van der Waals surface area contributed by atoms with Gasteiger partial charge >= 0.3 is 0 Å². The number of methoxy groups -OCH3 is 2. The van der Waals surface area contributed by atoms with E-state index in [1.54, 1.807) is 48.1 Å². The van der Waals surface area contributed by atoms with Crippen LogP contribution in [0.4, 0.5) is 4.39 Å². The van der Waals surface area contributed by atoms with E-state index >= 15 is 4.39 Å². The molecule has 4 rings (SSSR count). The van der Waals surface area contributed by atoms with Crippen LogP contribution in [0.1, 0.15) is 11.9 Å². The summed E-state index contributed by atoms with van der Waals surface area (Å²) in [7, 11) is 8.71. The van der Waals surface area contributed by atoms with Crippen molar-refractivity contribution in [1.82, 2.24) is 34.2 Å². The average molecular weight is 448 g/mol. The van der Waals surface area contributed by atoms with Gasteiger partial charge in [0.25, 0.3) is 0 Å². The second kappa shape index (κ2) is 8.29. The van der Waals surface area contributed by atoms with Gasteiger partial charge < -0.3 is 23.5 Å². The van der Waals surface area contributed by atoms with Crippen LogP contribution in [0.25, 0.3) is 28.1 Å². The number of hydrogen-bond acceptors (Lipinski definition) is 6. The Bertz CT molecular complexity index is 1220. The lowest BCUT2D eigenvalue weighted by Gasteiger charge is -2.17. The van der Waals surface area contributed by atoms with E-state index in [9.17, 15) is 0 Å². The van der Waals surface area contributed by atoms with Crippen LogP contribution in [0.5, 0.6) is 5.75 Å². The van der Waals surface area contributed by atoms with Gasteiger partial charge in [0.2, 0.25) is 0 Å². The minimum atomic E-state index is -0.579. The molecule has 0 bridgehead atoms. The summed E-state index contributed by atoms with van der Waals surface area (Å²) in [6.45, 7) is 0.621. The number of benzene rings is 1. The third kappa shape index (κ3) is 3.56. The zero-order valence-electron chi connectivity index (χ0n) is 17.8. The smallest absolute Gasteiger partial charge is 0.200 e. The van der Waals surface area contributed by atoms with Crippen LogP contribution in [0.2, 0.25) is 5.02 Å². The number of hydrogen-bond donors (Lipinski definition) is 1. The van der Waals surface area contributed by atoms with E-state index in [1.807, 2.05) is 19.0 Å². The van der Waals surface area contributed by atoms with Gasteiger partial charge in [0.05, 0.1) is 24.6 Å². The van der Waals surface area contributed by atoms with Gasteiger partial charge in [0.15, 0.2) is 17.5 Å². The number of likely N-dealkylation sites (N-methyl/N-ethyl adjacent to an activating group) is 1.